The van der Waals surface area contributed by atoms with Gasteiger partial charge in [0.2, 0.25) is 0 Å². The van der Waals surface area contributed by atoms with Gasteiger partial charge in [-0.3, -0.25) is 0 Å². The van der Waals surface area contributed by atoms with Crippen LogP contribution in [-0.2, 0) is 0 Å². The molecule has 0 aromatic heterocycles. The van der Waals surface area contributed by atoms with Gasteiger partial charge in [0.1, 0.15) is 6.82 Å². The van der Waals surface area contributed by atoms with E-state index in [0.717, 1.165) is 0 Å². The van der Waals surface area contributed by atoms with E-state index >= 15 is 0 Å². The van der Waals surface area contributed by atoms with Crippen molar-refractivity contribution in [2.45, 2.75) is 20.7 Å². The summed E-state index contributed by atoms with van der Waals surface area (Å²) in [6.07, 6.45) is 0. The van der Waals surface area contributed by atoms with Crippen LogP contribution in [0.15, 0.2) is 0 Å². The topological polar surface area (TPSA) is 0 Å². The molecule has 0 atom stereocenters. The predicted octanol–water partition coefficient (Wildman–Crippen LogP) is 4.76. The third kappa shape index (κ3) is 4.34. The molecule has 2 fully saturated rings. The van der Waals surface area contributed by atoms with Crippen molar-refractivity contribution in [2.24, 2.45) is 0 Å². The zero-order valence-corrected chi connectivity index (χ0v) is 14.6. The lowest BCUT2D eigenvalue weighted by molar-refractivity contribution is 1.31. The number of thioether (sulfide) groups is 6. The summed E-state index contributed by atoms with van der Waals surface area (Å²) >= 11 is 12.8. The number of rotatable bonds is 5. The van der Waals surface area contributed by atoms with E-state index in [2.05, 4.69) is 84.4 Å². The molecule has 0 saturated carbocycles. The summed E-state index contributed by atoms with van der Waals surface area (Å²) in [5.41, 5.74) is 0. The van der Waals surface area contributed by atoms with Crippen molar-refractivity contribution in [1.29, 1.82) is 0 Å². The maximum Gasteiger partial charge on any atom is 0.104 e. The summed E-state index contributed by atoms with van der Waals surface area (Å²) in [6.45, 7) is 4.79. The first-order valence-electron chi connectivity index (χ1n) is 5.46. The van der Waals surface area contributed by atoms with E-state index in [1.165, 1.54) is 34.5 Å². The van der Waals surface area contributed by atoms with E-state index in [1.54, 1.807) is 0 Å². The van der Waals surface area contributed by atoms with Crippen LogP contribution in [0, 0.1) is 0 Å². The maximum absolute atomic E-state index is 2.39. The first-order valence-corrected chi connectivity index (χ1v) is 11.4. The smallest absolute Gasteiger partial charge is 0.104 e. The van der Waals surface area contributed by atoms with Crippen LogP contribution in [-0.4, -0.2) is 41.3 Å². The summed E-state index contributed by atoms with van der Waals surface area (Å²) in [5, 5.41) is 0. The second kappa shape index (κ2) is 6.51. The molecule has 94 valence electrons. The summed E-state index contributed by atoms with van der Waals surface area (Å²) in [6, 6.07) is 0. The van der Waals surface area contributed by atoms with Crippen molar-refractivity contribution in [3.05, 3.63) is 0 Å². The molecule has 2 rings (SSSR count). The van der Waals surface area contributed by atoms with E-state index in [-0.39, 0.29) is 0 Å². The van der Waals surface area contributed by atoms with E-state index in [1.807, 2.05) is 0 Å². The van der Waals surface area contributed by atoms with Crippen LogP contribution in [0.5, 0.6) is 0 Å². The molecule has 0 aromatic rings. The SMILES string of the molecule is CC1(SCCSC2(C)SCCS2)SCCS1. The molecule has 0 N–H and O–H groups in total. The Kier molecular flexibility index (Phi) is 5.90. The minimum absolute atomic E-state index is 0.456. The third-order valence-corrected chi connectivity index (χ3v) is 13.0. The number of hydrogen-bond acceptors (Lipinski definition) is 6. The van der Waals surface area contributed by atoms with Crippen molar-refractivity contribution in [3.8, 4) is 0 Å². The Morgan fingerprint density at radius 2 is 1.06 bits per heavy atom. The van der Waals surface area contributed by atoms with E-state index in [0.29, 0.717) is 6.82 Å². The lowest BCUT2D eigenvalue weighted by Gasteiger charge is -2.23. The molecule has 0 spiro atoms. The standard InChI is InChI=1S/C10H18S6/c1-9(11-3-4-12-9)15-7-8-16-10(2)13-5-6-14-10/h3-8H2,1-2H3. The summed E-state index contributed by atoms with van der Waals surface area (Å²) in [7, 11) is 0. The molecule has 2 aliphatic rings. The lowest BCUT2D eigenvalue weighted by atomic mass is 10.9. The normalized spacial score (nSPS) is 27.4. The second-order valence-electron chi connectivity index (χ2n) is 3.82. The van der Waals surface area contributed by atoms with Gasteiger partial charge in [0, 0.05) is 34.5 Å². The molecule has 0 nitrogen and oxygen atoms in total. The van der Waals surface area contributed by atoms with Crippen molar-refractivity contribution in [3.63, 3.8) is 0 Å². The second-order valence-corrected chi connectivity index (χ2v) is 14.4. The van der Waals surface area contributed by atoms with Crippen molar-refractivity contribution >= 4 is 70.6 Å². The van der Waals surface area contributed by atoms with Crippen molar-refractivity contribution in [1.82, 2.24) is 0 Å². The molecule has 16 heavy (non-hydrogen) atoms. The Morgan fingerprint density at radius 3 is 1.38 bits per heavy atom. The lowest BCUT2D eigenvalue weighted by Crippen LogP contribution is -2.10. The van der Waals surface area contributed by atoms with E-state index in [9.17, 15) is 0 Å². The van der Waals surface area contributed by atoms with Crippen LogP contribution in [0.2, 0.25) is 0 Å². The minimum atomic E-state index is 0.456. The Balaban J connectivity index is 1.61. The first-order chi connectivity index (χ1) is 7.62. The van der Waals surface area contributed by atoms with Gasteiger partial charge in [-0.1, -0.05) is 0 Å². The Labute approximate surface area is 125 Å². The molecule has 2 heterocycles. The zero-order chi connectivity index (χ0) is 11.5. The van der Waals surface area contributed by atoms with Crippen LogP contribution in [0.3, 0.4) is 0 Å². The molecule has 0 bridgehead atoms. The van der Waals surface area contributed by atoms with Crippen molar-refractivity contribution in [2.75, 3.05) is 34.5 Å². The molecule has 0 radical (unpaired) electrons. The summed E-state index contributed by atoms with van der Waals surface area (Å²) in [4.78, 5) is 0. The molecular formula is C10H18S6. The van der Waals surface area contributed by atoms with Crippen molar-refractivity contribution < 1.29 is 0 Å². The van der Waals surface area contributed by atoms with Crippen LogP contribution < -0.4 is 0 Å². The molecule has 0 unspecified atom stereocenters. The Morgan fingerprint density at radius 1 is 0.750 bits per heavy atom. The quantitative estimate of drug-likeness (QED) is 0.662. The summed E-state index contributed by atoms with van der Waals surface area (Å²) < 4.78 is 0.912. The molecular weight excluding hydrogens is 313 g/mol. The van der Waals surface area contributed by atoms with Crippen LogP contribution in [0.1, 0.15) is 13.8 Å². The monoisotopic (exact) mass is 330 g/mol. The molecule has 0 aliphatic carbocycles. The highest BCUT2D eigenvalue weighted by molar-refractivity contribution is 8.37. The average molecular weight is 331 g/mol. The average Bonchev–Trinajstić information content (AvgIpc) is 2.84. The van der Waals surface area contributed by atoms with Gasteiger partial charge >= 0.3 is 0 Å². The highest BCUT2D eigenvalue weighted by Crippen LogP contribution is 2.54. The fourth-order valence-electron chi connectivity index (χ4n) is 1.61. The van der Waals surface area contributed by atoms with Gasteiger partial charge in [-0.05, 0) is 13.8 Å². The Bertz CT molecular complexity index is 195. The molecule has 2 aliphatic heterocycles. The van der Waals surface area contributed by atoms with E-state index in [4.69, 9.17) is 0 Å². The van der Waals surface area contributed by atoms with Crippen LogP contribution in [0.4, 0.5) is 0 Å². The summed E-state index contributed by atoms with van der Waals surface area (Å²) in [5.74, 6) is 7.96. The third-order valence-electron chi connectivity index (χ3n) is 2.44. The molecule has 0 amide bonds. The van der Waals surface area contributed by atoms with Crippen LogP contribution in [0.25, 0.3) is 0 Å². The maximum atomic E-state index is 2.39. The van der Waals surface area contributed by atoms with Gasteiger partial charge in [-0.25, -0.2) is 0 Å². The molecule has 0 aromatic carbocycles. The fraction of sp³-hybridized carbons (Fsp3) is 1.00. The molecule has 6 heteroatoms. The molecule has 2 saturated heterocycles. The van der Waals surface area contributed by atoms with Crippen LogP contribution >= 0.6 is 70.6 Å². The van der Waals surface area contributed by atoms with Gasteiger partial charge in [-0.2, -0.15) is 0 Å². The fourth-order valence-corrected chi connectivity index (χ4v) is 10.8. The van der Waals surface area contributed by atoms with E-state index < -0.39 is 0 Å². The Hall–Kier alpha value is 2.10. The van der Waals surface area contributed by atoms with Gasteiger partial charge in [0.15, 0.2) is 0 Å². The highest BCUT2D eigenvalue weighted by Gasteiger charge is 2.32. The zero-order valence-electron chi connectivity index (χ0n) is 9.69. The largest absolute Gasteiger partial charge is 0.133 e. The first kappa shape index (κ1) is 14.5. The van der Waals surface area contributed by atoms with Gasteiger partial charge in [0.25, 0.3) is 0 Å². The van der Waals surface area contributed by atoms with Gasteiger partial charge in [0.05, 0.1) is 0 Å². The minimum Gasteiger partial charge on any atom is -0.133 e. The number of hydrogen-bond donors (Lipinski definition) is 0. The predicted molar refractivity (Wildman–Crippen MR) is 91.6 cm³/mol. The highest BCUT2D eigenvalue weighted by atomic mass is 32.3. The van der Waals surface area contributed by atoms with Gasteiger partial charge < -0.3 is 0 Å². The van der Waals surface area contributed by atoms with Gasteiger partial charge in [-0.15, -0.1) is 70.6 Å².